The van der Waals surface area contributed by atoms with E-state index in [-0.39, 0.29) is 0 Å². The largest absolute Gasteiger partial charge is 0.417 e. The van der Waals surface area contributed by atoms with E-state index in [0.29, 0.717) is 18.1 Å². The van der Waals surface area contributed by atoms with Gasteiger partial charge in [-0.05, 0) is 30.2 Å². The summed E-state index contributed by atoms with van der Waals surface area (Å²) in [6.45, 7) is 1.69. The average Bonchev–Trinajstić information content (AvgIpc) is 2.61. The second-order valence-electron chi connectivity index (χ2n) is 5.66. The summed E-state index contributed by atoms with van der Waals surface area (Å²) >= 11 is 0. The van der Waals surface area contributed by atoms with Gasteiger partial charge in [0.15, 0.2) is 0 Å². The van der Waals surface area contributed by atoms with Crippen molar-refractivity contribution in [2.75, 3.05) is 0 Å². The minimum Gasteiger partial charge on any atom is -0.273 e. The predicted molar refractivity (Wildman–Crippen MR) is 91.0 cm³/mol. The third-order valence-electron chi connectivity index (χ3n) is 3.89. The number of sulfonamides is 1. The molecule has 9 heteroatoms. The lowest BCUT2D eigenvalue weighted by atomic mass is 9.96. The molecule has 2 aromatic rings. The molecule has 0 saturated heterocycles. The molecule has 0 aliphatic carbocycles. The van der Waals surface area contributed by atoms with E-state index in [4.69, 9.17) is 5.26 Å². The Hall–Kier alpha value is -2.86. The van der Waals surface area contributed by atoms with Crippen LogP contribution in [0.3, 0.4) is 0 Å². The number of rotatable bonds is 5. The van der Waals surface area contributed by atoms with E-state index in [1.54, 1.807) is 37.3 Å². The second-order valence-corrected chi connectivity index (χ2v) is 7.34. The first kappa shape index (κ1) is 20.5. The number of nitriles is 1. The molecule has 0 aliphatic rings. The van der Waals surface area contributed by atoms with Gasteiger partial charge in [0, 0.05) is 0 Å². The van der Waals surface area contributed by atoms with Gasteiger partial charge in [0.25, 0.3) is 10.0 Å². The van der Waals surface area contributed by atoms with Crippen LogP contribution < -0.4 is 4.72 Å². The molecular weight excluding hydrogens is 381 g/mol. The maximum Gasteiger partial charge on any atom is 0.417 e. The molecule has 0 heterocycles. The Labute approximate surface area is 154 Å². The van der Waals surface area contributed by atoms with Gasteiger partial charge in [-0.2, -0.15) is 18.4 Å². The molecule has 0 radical (unpaired) electrons. The van der Waals surface area contributed by atoms with Gasteiger partial charge in [-0.3, -0.25) is 4.79 Å². The van der Waals surface area contributed by atoms with E-state index in [0.717, 1.165) is 12.1 Å². The third-order valence-corrected chi connectivity index (χ3v) is 5.23. The Bertz CT molecular complexity index is 981. The van der Waals surface area contributed by atoms with Crippen molar-refractivity contribution in [2.24, 2.45) is 0 Å². The predicted octanol–water partition coefficient (Wildman–Crippen LogP) is 3.58. The Morgan fingerprint density at radius 3 is 2.33 bits per heavy atom. The van der Waals surface area contributed by atoms with Crippen molar-refractivity contribution in [1.82, 2.24) is 4.72 Å². The van der Waals surface area contributed by atoms with Crippen LogP contribution in [0.2, 0.25) is 0 Å². The molecule has 1 atom stereocenters. The van der Waals surface area contributed by atoms with Crippen LogP contribution in [0.25, 0.3) is 0 Å². The number of amides is 1. The summed E-state index contributed by atoms with van der Waals surface area (Å²) in [4.78, 5) is 11.7. The maximum absolute atomic E-state index is 13.0. The minimum absolute atomic E-state index is 0.298. The highest BCUT2D eigenvalue weighted by Crippen LogP contribution is 2.33. The molecule has 2 aromatic carbocycles. The summed E-state index contributed by atoms with van der Waals surface area (Å²) in [7, 11) is -4.54. The van der Waals surface area contributed by atoms with Gasteiger partial charge in [-0.25, -0.2) is 13.1 Å². The van der Waals surface area contributed by atoms with E-state index < -0.39 is 44.0 Å². The maximum atomic E-state index is 13.0. The summed E-state index contributed by atoms with van der Waals surface area (Å²) in [5.41, 5.74) is -1.50. The molecule has 1 amide bonds. The van der Waals surface area contributed by atoms with Gasteiger partial charge in [0.1, 0.15) is 0 Å². The molecule has 142 valence electrons. The van der Waals surface area contributed by atoms with Crippen LogP contribution in [0.15, 0.2) is 53.4 Å². The summed E-state index contributed by atoms with van der Waals surface area (Å²) in [5.74, 6) is -1.62. The highest BCUT2D eigenvalue weighted by molar-refractivity contribution is 7.90. The van der Waals surface area contributed by atoms with Crippen molar-refractivity contribution < 1.29 is 26.4 Å². The molecule has 27 heavy (non-hydrogen) atoms. The van der Waals surface area contributed by atoms with Gasteiger partial charge >= 0.3 is 6.18 Å². The third kappa shape index (κ3) is 4.65. The number of alkyl halides is 3. The smallest absolute Gasteiger partial charge is 0.273 e. The Morgan fingerprint density at radius 1 is 1.19 bits per heavy atom. The van der Waals surface area contributed by atoms with Crippen LogP contribution >= 0.6 is 0 Å². The van der Waals surface area contributed by atoms with Crippen LogP contribution in [0.5, 0.6) is 0 Å². The topological polar surface area (TPSA) is 87.0 Å². The number of hydrogen-bond donors (Lipinski definition) is 1. The first-order valence-electron chi connectivity index (χ1n) is 7.83. The van der Waals surface area contributed by atoms with Crippen molar-refractivity contribution >= 4 is 15.9 Å². The molecule has 5 nitrogen and oxygen atoms in total. The van der Waals surface area contributed by atoms with Crippen molar-refractivity contribution in [2.45, 2.75) is 30.3 Å². The number of carbonyl (C=O) groups is 1. The van der Waals surface area contributed by atoms with Gasteiger partial charge in [-0.15, -0.1) is 0 Å². The molecular formula is C18H15F3N2O3S. The lowest BCUT2D eigenvalue weighted by Gasteiger charge is -2.16. The molecule has 0 fully saturated rings. The molecule has 0 bridgehead atoms. The van der Waals surface area contributed by atoms with Gasteiger partial charge in [0.2, 0.25) is 5.91 Å². The molecule has 0 aliphatic heterocycles. The Morgan fingerprint density at radius 2 is 1.81 bits per heavy atom. The average molecular weight is 396 g/mol. The number of carbonyl (C=O) groups excluding carboxylic acids is 1. The SMILES string of the molecule is CC[C@H](C(=O)NS(=O)(=O)c1ccc(C#N)c(C(F)(F)F)c1)c1ccccc1. The number of nitrogens with zero attached hydrogens (tertiary/aromatic N) is 1. The number of nitrogens with one attached hydrogen (secondary N) is 1. The lowest BCUT2D eigenvalue weighted by molar-refractivity contribution is -0.137. The Kier molecular flexibility index (Phi) is 5.91. The molecule has 0 saturated carbocycles. The van der Waals surface area contributed by atoms with E-state index in [9.17, 15) is 26.4 Å². The fourth-order valence-electron chi connectivity index (χ4n) is 2.54. The fourth-order valence-corrected chi connectivity index (χ4v) is 3.59. The summed E-state index contributed by atoms with van der Waals surface area (Å²) in [6.07, 6.45) is -4.61. The van der Waals surface area contributed by atoms with Crippen LogP contribution in [-0.2, 0) is 21.0 Å². The number of halogens is 3. The summed E-state index contributed by atoms with van der Waals surface area (Å²) in [6, 6.07) is 11.8. The van der Waals surface area contributed by atoms with E-state index in [1.165, 1.54) is 6.07 Å². The van der Waals surface area contributed by atoms with E-state index in [2.05, 4.69) is 0 Å². The van der Waals surface area contributed by atoms with Crippen molar-refractivity contribution in [3.05, 3.63) is 65.2 Å². The molecule has 1 N–H and O–H groups in total. The summed E-state index contributed by atoms with van der Waals surface area (Å²) in [5, 5.41) is 8.78. The molecule has 0 spiro atoms. The summed E-state index contributed by atoms with van der Waals surface area (Å²) < 4.78 is 65.7. The van der Waals surface area contributed by atoms with Gasteiger partial charge in [-0.1, -0.05) is 37.3 Å². The number of hydrogen-bond acceptors (Lipinski definition) is 4. The van der Waals surface area contributed by atoms with Crippen LogP contribution in [-0.4, -0.2) is 14.3 Å². The zero-order valence-electron chi connectivity index (χ0n) is 14.1. The Balaban J connectivity index is 2.36. The molecule has 2 rings (SSSR count). The van der Waals surface area contributed by atoms with Crippen LogP contribution in [0.4, 0.5) is 13.2 Å². The van der Waals surface area contributed by atoms with Gasteiger partial charge in [0.05, 0.1) is 28.0 Å². The van der Waals surface area contributed by atoms with E-state index >= 15 is 0 Å². The highest BCUT2D eigenvalue weighted by atomic mass is 32.2. The van der Waals surface area contributed by atoms with Crippen molar-refractivity contribution in [1.29, 1.82) is 5.26 Å². The van der Waals surface area contributed by atoms with Crippen LogP contribution in [0, 0.1) is 11.3 Å². The quantitative estimate of drug-likeness (QED) is 0.837. The monoisotopic (exact) mass is 396 g/mol. The fraction of sp³-hybridized carbons (Fsp3) is 0.222. The van der Waals surface area contributed by atoms with Gasteiger partial charge < -0.3 is 0 Å². The lowest BCUT2D eigenvalue weighted by Crippen LogP contribution is -2.34. The van der Waals surface area contributed by atoms with Crippen molar-refractivity contribution in [3.63, 3.8) is 0 Å². The molecule has 0 unspecified atom stereocenters. The standard InChI is InChI=1S/C18H15F3N2O3S/c1-2-15(12-6-4-3-5-7-12)17(24)23-27(25,26)14-9-8-13(11-22)16(10-14)18(19,20)21/h3-10,15H,2H2,1H3,(H,23,24)/t15-/m0/s1. The van der Waals surface area contributed by atoms with E-state index in [1.807, 2.05) is 4.72 Å². The number of benzene rings is 2. The zero-order chi connectivity index (χ0) is 20.2. The highest BCUT2D eigenvalue weighted by Gasteiger charge is 2.35. The second kappa shape index (κ2) is 7.80. The first-order valence-corrected chi connectivity index (χ1v) is 9.31. The normalized spacial score (nSPS) is 12.9. The van der Waals surface area contributed by atoms with Crippen molar-refractivity contribution in [3.8, 4) is 6.07 Å². The zero-order valence-corrected chi connectivity index (χ0v) is 14.9. The first-order chi connectivity index (χ1) is 12.6. The minimum atomic E-state index is -4.91. The van der Waals surface area contributed by atoms with Crippen LogP contribution in [0.1, 0.15) is 36.0 Å². The molecule has 0 aromatic heterocycles.